The van der Waals surface area contributed by atoms with Gasteiger partial charge in [0.25, 0.3) is 0 Å². The van der Waals surface area contributed by atoms with Gasteiger partial charge in [-0.3, -0.25) is 4.90 Å². The lowest BCUT2D eigenvalue weighted by Gasteiger charge is -2.38. The van der Waals surface area contributed by atoms with Crippen LogP contribution in [0.15, 0.2) is 0 Å². The summed E-state index contributed by atoms with van der Waals surface area (Å²) in [4.78, 5) is 2.13. The fraction of sp³-hybridized carbons (Fsp3) is 1.00. The molecule has 0 N–H and O–H groups in total. The van der Waals surface area contributed by atoms with Gasteiger partial charge in [-0.2, -0.15) is 13.2 Å². The molecule has 3 fully saturated rings. The van der Waals surface area contributed by atoms with Gasteiger partial charge >= 0.3 is 15.0 Å². The number of halogens is 3. The number of nitrogens with zero attached hydrogens (tertiary/aromatic N) is 1. The molecule has 3 rings (SSSR count). The number of hydrogen-bond acceptors (Lipinski definition) is 4. The molecule has 0 aromatic carbocycles. The van der Waals surface area contributed by atoms with Crippen LogP contribution in [0.3, 0.4) is 0 Å². The van der Waals surface area contributed by atoms with Gasteiger partial charge in [0.2, 0.25) is 0 Å². The molecule has 2 bridgehead atoms. The molecule has 3 heterocycles. The smallest absolute Gasteiger partial charge is 0.372 e. The summed E-state index contributed by atoms with van der Waals surface area (Å²) >= 11 is 0. The van der Waals surface area contributed by atoms with Crippen LogP contribution in [0.4, 0.5) is 13.2 Å². The minimum absolute atomic E-state index is 0.170. The molecule has 0 unspecified atom stereocenters. The Kier molecular flexibility index (Phi) is 4.09. The van der Waals surface area contributed by atoms with E-state index in [0.717, 1.165) is 19.6 Å². The summed E-state index contributed by atoms with van der Waals surface area (Å²) in [5, 5.41) is 0. The van der Waals surface area contributed by atoms with E-state index in [1.54, 1.807) is 0 Å². The van der Waals surface area contributed by atoms with Crippen LogP contribution in [0.5, 0.6) is 0 Å². The number of rotatable bonds is 2. The molecule has 0 aromatic rings. The predicted octanol–water partition coefficient (Wildman–Crippen LogP) is 1.26. The Balaban J connectivity index is 1.98. The lowest BCUT2D eigenvalue weighted by atomic mass is 10.4. The van der Waals surface area contributed by atoms with Crippen LogP contribution in [0, 0.1) is 0 Å². The number of alkyl halides is 3. The first-order valence-electron chi connectivity index (χ1n) is 5.70. The van der Waals surface area contributed by atoms with Gasteiger partial charge in [0.15, 0.2) is 0 Å². The summed E-state index contributed by atoms with van der Waals surface area (Å²) in [7, 11) is -3.08. The zero-order valence-electron chi connectivity index (χ0n) is 9.46. The molecule has 4 nitrogen and oxygen atoms in total. The Bertz CT molecular complexity index is 238. The average molecular weight is 271 g/mol. The molecule has 0 spiro atoms. The van der Waals surface area contributed by atoms with Gasteiger partial charge < -0.3 is 13.3 Å². The van der Waals surface area contributed by atoms with Crippen molar-refractivity contribution >= 4 is 8.80 Å². The molecule has 17 heavy (non-hydrogen) atoms. The van der Waals surface area contributed by atoms with Crippen molar-refractivity contribution in [1.29, 1.82) is 0 Å². The Hall–Kier alpha value is -0.153. The first-order chi connectivity index (χ1) is 7.99. The molecule has 3 aliphatic rings. The third-order valence-electron chi connectivity index (χ3n) is 2.90. The SMILES string of the molecule is FC(F)(F)CC[Si]12OCCN(CCO1)CCO2. The Morgan fingerprint density at radius 2 is 1.41 bits per heavy atom. The highest BCUT2D eigenvalue weighted by molar-refractivity contribution is 6.60. The van der Waals surface area contributed by atoms with E-state index in [0.29, 0.717) is 19.8 Å². The van der Waals surface area contributed by atoms with Gasteiger partial charge in [-0.05, 0) is 0 Å². The zero-order chi connectivity index (χ0) is 12.4. The van der Waals surface area contributed by atoms with Gasteiger partial charge in [0, 0.05) is 32.1 Å². The number of fused-ring (bicyclic) bond motifs is 6. The van der Waals surface area contributed by atoms with Gasteiger partial charge in [-0.15, -0.1) is 0 Å². The third kappa shape index (κ3) is 3.92. The zero-order valence-corrected chi connectivity index (χ0v) is 10.5. The summed E-state index contributed by atoms with van der Waals surface area (Å²) in [5.74, 6) is 0. The molecule has 0 aliphatic carbocycles. The molecular weight excluding hydrogens is 255 g/mol. The Morgan fingerprint density at radius 1 is 0.941 bits per heavy atom. The van der Waals surface area contributed by atoms with Gasteiger partial charge in [0.05, 0.1) is 19.8 Å². The van der Waals surface area contributed by atoms with Crippen LogP contribution in [-0.4, -0.2) is 59.3 Å². The molecule has 3 saturated heterocycles. The van der Waals surface area contributed by atoms with Crippen LogP contribution in [0.2, 0.25) is 6.04 Å². The summed E-state index contributed by atoms with van der Waals surface area (Å²) in [6.45, 7) is 3.41. The lowest BCUT2D eigenvalue weighted by Crippen LogP contribution is -2.55. The minimum atomic E-state index is -4.19. The van der Waals surface area contributed by atoms with Crippen molar-refractivity contribution in [3.8, 4) is 0 Å². The molecule has 0 aromatic heterocycles. The molecule has 0 amide bonds. The maximum atomic E-state index is 12.3. The highest BCUT2D eigenvalue weighted by atomic mass is 28.4. The van der Waals surface area contributed by atoms with Crippen molar-refractivity contribution in [3.63, 3.8) is 0 Å². The van der Waals surface area contributed by atoms with Crippen molar-refractivity contribution in [1.82, 2.24) is 4.90 Å². The first kappa shape index (κ1) is 13.3. The molecule has 0 saturated carbocycles. The number of hydrogen-bond donors (Lipinski definition) is 0. The van der Waals surface area contributed by atoms with Crippen LogP contribution in [0.1, 0.15) is 6.42 Å². The van der Waals surface area contributed by atoms with E-state index in [1.165, 1.54) is 0 Å². The standard InChI is InChI=1S/C9H16F3NO3Si/c10-9(11,12)1-8-17-14-5-2-13(3-6-15-17)4-7-16-17/h1-8H2. The predicted molar refractivity (Wildman–Crippen MR) is 55.5 cm³/mol. The van der Waals surface area contributed by atoms with E-state index < -0.39 is 21.4 Å². The van der Waals surface area contributed by atoms with E-state index in [1.807, 2.05) is 0 Å². The van der Waals surface area contributed by atoms with Crippen LogP contribution in [-0.2, 0) is 13.3 Å². The second kappa shape index (κ2) is 5.23. The second-order valence-electron chi connectivity index (χ2n) is 4.19. The molecule has 8 heteroatoms. The van der Waals surface area contributed by atoms with Crippen molar-refractivity contribution < 1.29 is 26.4 Å². The normalized spacial score (nSPS) is 35.1. The van der Waals surface area contributed by atoms with Crippen molar-refractivity contribution in [2.45, 2.75) is 18.6 Å². The van der Waals surface area contributed by atoms with Gasteiger partial charge in [0.1, 0.15) is 0 Å². The quantitative estimate of drug-likeness (QED) is 0.707. The van der Waals surface area contributed by atoms with Gasteiger partial charge in [-0.1, -0.05) is 0 Å². The van der Waals surface area contributed by atoms with E-state index in [2.05, 4.69) is 4.90 Å². The summed E-state index contributed by atoms with van der Waals surface area (Å²) < 4.78 is 53.2. The van der Waals surface area contributed by atoms with E-state index in [9.17, 15) is 13.2 Å². The summed E-state index contributed by atoms with van der Waals surface area (Å²) in [6.07, 6.45) is -5.09. The molecule has 100 valence electrons. The largest absolute Gasteiger partial charge is 0.501 e. The fourth-order valence-electron chi connectivity index (χ4n) is 1.96. The van der Waals surface area contributed by atoms with E-state index in [-0.39, 0.29) is 6.04 Å². The highest BCUT2D eigenvalue weighted by Crippen LogP contribution is 2.29. The van der Waals surface area contributed by atoms with Crippen LogP contribution >= 0.6 is 0 Å². The van der Waals surface area contributed by atoms with Crippen LogP contribution in [0.25, 0.3) is 0 Å². The van der Waals surface area contributed by atoms with Gasteiger partial charge in [-0.25, -0.2) is 0 Å². The topological polar surface area (TPSA) is 30.9 Å². The second-order valence-corrected chi connectivity index (χ2v) is 6.92. The van der Waals surface area contributed by atoms with E-state index in [4.69, 9.17) is 13.3 Å². The fourth-order valence-corrected chi connectivity index (χ4v) is 4.44. The van der Waals surface area contributed by atoms with Crippen molar-refractivity contribution in [3.05, 3.63) is 0 Å². The third-order valence-corrected chi connectivity index (χ3v) is 5.70. The summed E-state index contributed by atoms with van der Waals surface area (Å²) in [6, 6.07) is -0.170. The molecule has 3 aliphatic heterocycles. The maximum Gasteiger partial charge on any atom is 0.501 e. The van der Waals surface area contributed by atoms with E-state index >= 15 is 0 Å². The monoisotopic (exact) mass is 271 g/mol. The first-order valence-corrected chi connectivity index (χ1v) is 7.63. The highest BCUT2D eigenvalue weighted by Gasteiger charge is 2.46. The lowest BCUT2D eigenvalue weighted by molar-refractivity contribution is -0.134. The summed E-state index contributed by atoms with van der Waals surface area (Å²) in [5.41, 5.74) is 0. The van der Waals surface area contributed by atoms with Crippen LogP contribution < -0.4 is 0 Å². The molecule has 0 atom stereocenters. The van der Waals surface area contributed by atoms with Crippen molar-refractivity contribution in [2.24, 2.45) is 0 Å². The Labute approximate surface area is 99.0 Å². The minimum Gasteiger partial charge on any atom is -0.372 e. The molecular formula is C9H16F3NO3Si. The van der Waals surface area contributed by atoms with Crippen molar-refractivity contribution in [2.75, 3.05) is 39.5 Å². The molecule has 0 radical (unpaired) electrons. The Morgan fingerprint density at radius 3 is 1.82 bits per heavy atom. The average Bonchev–Trinajstić information content (AvgIpc) is 2.12. The maximum absolute atomic E-state index is 12.3.